The second-order valence-corrected chi connectivity index (χ2v) is 5.38. The number of hydrogen-bond acceptors (Lipinski definition) is 7. The molecule has 1 aliphatic rings. The summed E-state index contributed by atoms with van der Waals surface area (Å²) in [5.74, 6) is 1.20. The molecule has 1 amide bonds. The molecule has 0 atom stereocenters. The SMILES string of the molecule is COc1cc2nnc(C(=O)N3CCCCN3)cc2c(OC)c1OC. The molecule has 0 radical (unpaired) electrons. The number of amides is 1. The van der Waals surface area contributed by atoms with E-state index in [1.165, 1.54) is 21.3 Å². The van der Waals surface area contributed by atoms with Crippen LogP contribution in [-0.2, 0) is 0 Å². The number of nitrogens with zero attached hydrogens (tertiary/aromatic N) is 3. The predicted molar refractivity (Wildman–Crippen MR) is 87.5 cm³/mol. The second kappa shape index (κ2) is 6.88. The van der Waals surface area contributed by atoms with Crippen LogP contribution in [0.2, 0.25) is 0 Å². The van der Waals surface area contributed by atoms with Crippen LogP contribution in [0.4, 0.5) is 0 Å². The fraction of sp³-hybridized carbons (Fsp3) is 0.438. The Morgan fingerprint density at radius 3 is 2.50 bits per heavy atom. The topological polar surface area (TPSA) is 85.8 Å². The van der Waals surface area contributed by atoms with Crippen LogP contribution in [0.1, 0.15) is 23.3 Å². The predicted octanol–water partition coefficient (Wildman–Crippen LogP) is 1.40. The summed E-state index contributed by atoms with van der Waals surface area (Å²) in [7, 11) is 4.60. The summed E-state index contributed by atoms with van der Waals surface area (Å²) in [4.78, 5) is 12.6. The molecule has 2 aromatic rings. The van der Waals surface area contributed by atoms with Crippen LogP contribution in [0.25, 0.3) is 10.9 Å². The third-order valence-electron chi connectivity index (χ3n) is 3.97. The third kappa shape index (κ3) is 2.80. The van der Waals surface area contributed by atoms with Gasteiger partial charge in [0.1, 0.15) is 5.52 Å². The summed E-state index contributed by atoms with van der Waals surface area (Å²) in [6, 6.07) is 3.37. The lowest BCUT2D eigenvalue weighted by molar-refractivity contribution is 0.0603. The molecule has 1 aliphatic heterocycles. The Hall–Kier alpha value is -2.61. The van der Waals surface area contributed by atoms with Gasteiger partial charge < -0.3 is 14.2 Å². The van der Waals surface area contributed by atoms with Gasteiger partial charge in [0.15, 0.2) is 17.2 Å². The van der Waals surface area contributed by atoms with Gasteiger partial charge in [-0.1, -0.05) is 0 Å². The number of fused-ring (bicyclic) bond motifs is 1. The maximum absolute atomic E-state index is 12.6. The van der Waals surface area contributed by atoms with Crippen molar-refractivity contribution in [2.75, 3.05) is 34.4 Å². The number of nitrogens with one attached hydrogen (secondary N) is 1. The summed E-state index contributed by atoms with van der Waals surface area (Å²) in [5, 5.41) is 10.4. The van der Waals surface area contributed by atoms with E-state index >= 15 is 0 Å². The van der Waals surface area contributed by atoms with Gasteiger partial charge in [-0.15, -0.1) is 10.2 Å². The standard InChI is InChI=1S/C16H20N4O4/c1-22-13-9-11-10(14(23-2)15(13)24-3)8-12(19-18-11)16(21)20-7-5-4-6-17-20/h8-9,17H,4-7H2,1-3H3. The Balaban J connectivity index is 2.07. The number of rotatable bonds is 4. The number of aromatic nitrogens is 2. The maximum atomic E-state index is 12.6. The van der Waals surface area contributed by atoms with Crippen molar-refractivity contribution in [2.24, 2.45) is 0 Å². The van der Waals surface area contributed by atoms with E-state index in [0.717, 1.165) is 19.4 Å². The van der Waals surface area contributed by atoms with Crippen molar-refractivity contribution in [3.05, 3.63) is 17.8 Å². The average molecular weight is 332 g/mol. The summed E-state index contributed by atoms with van der Waals surface area (Å²) < 4.78 is 16.1. The Bertz CT molecular complexity index is 759. The van der Waals surface area contributed by atoms with Gasteiger partial charge >= 0.3 is 0 Å². The van der Waals surface area contributed by atoms with Gasteiger partial charge in [-0.2, -0.15) is 0 Å². The minimum Gasteiger partial charge on any atom is -0.493 e. The highest BCUT2D eigenvalue weighted by Crippen LogP contribution is 2.42. The molecule has 3 rings (SSSR count). The summed E-state index contributed by atoms with van der Waals surface area (Å²) in [6.07, 6.45) is 2.02. The molecular formula is C16H20N4O4. The van der Waals surface area contributed by atoms with Gasteiger partial charge in [-0.25, -0.2) is 5.43 Å². The molecule has 1 N–H and O–H groups in total. The number of hydrazine groups is 1. The molecule has 1 fully saturated rings. The lowest BCUT2D eigenvalue weighted by atomic mass is 10.1. The van der Waals surface area contributed by atoms with Crippen LogP contribution < -0.4 is 19.6 Å². The van der Waals surface area contributed by atoms with Crippen LogP contribution in [0, 0.1) is 0 Å². The van der Waals surface area contributed by atoms with Gasteiger partial charge in [0.2, 0.25) is 5.75 Å². The highest BCUT2D eigenvalue weighted by Gasteiger charge is 2.23. The van der Waals surface area contributed by atoms with Crippen molar-refractivity contribution >= 4 is 16.8 Å². The number of methoxy groups -OCH3 is 3. The zero-order valence-corrected chi connectivity index (χ0v) is 14.0. The van der Waals surface area contributed by atoms with E-state index in [1.54, 1.807) is 17.1 Å². The highest BCUT2D eigenvalue weighted by atomic mass is 16.5. The Morgan fingerprint density at radius 1 is 1.08 bits per heavy atom. The van der Waals surface area contributed by atoms with E-state index in [9.17, 15) is 4.79 Å². The van der Waals surface area contributed by atoms with Crippen molar-refractivity contribution in [3.63, 3.8) is 0 Å². The Morgan fingerprint density at radius 2 is 1.88 bits per heavy atom. The van der Waals surface area contributed by atoms with E-state index in [0.29, 0.717) is 34.7 Å². The quantitative estimate of drug-likeness (QED) is 0.905. The molecule has 24 heavy (non-hydrogen) atoms. The van der Waals surface area contributed by atoms with E-state index in [2.05, 4.69) is 15.6 Å². The second-order valence-electron chi connectivity index (χ2n) is 5.38. The average Bonchev–Trinajstić information content (AvgIpc) is 2.65. The first-order chi connectivity index (χ1) is 11.7. The van der Waals surface area contributed by atoms with E-state index in [1.807, 2.05) is 0 Å². The van der Waals surface area contributed by atoms with Crippen molar-refractivity contribution in [1.82, 2.24) is 20.6 Å². The molecule has 1 aromatic heterocycles. The Labute approximate surface area is 139 Å². The van der Waals surface area contributed by atoms with Crippen molar-refractivity contribution in [3.8, 4) is 17.2 Å². The Kier molecular flexibility index (Phi) is 4.66. The van der Waals surface area contributed by atoms with Crippen LogP contribution >= 0.6 is 0 Å². The van der Waals surface area contributed by atoms with Gasteiger partial charge in [-0.05, 0) is 18.9 Å². The maximum Gasteiger partial charge on any atom is 0.288 e. The monoisotopic (exact) mass is 332 g/mol. The minimum atomic E-state index is -0.207. The van der Waals surface area contributed by atoms with Crippen molar-refractivity contribution < 1.29 is 19.0 Å². The number of ether oxygens (including phenoxy) is 3. The molecule has 0 unspecified atom stereocenters. The first-order valence-corrected chi connectivity index (χ1v) is 7.71. The minimum absolute atomic E-state index is 0.207. The molecule has 1 aromatic carbocycles. The van der Waals surface area contributed by atoms with Gasteiger partial charge in [0, 0.05) is 19.2 Å². The molecule has 8 nitrogen and oxygen atoms in total. The van der Waals surface area contributed by atoms with Crippen LogP contribution in [0.15, 0.2) is 12.1 Å². The normalized spacial score (nSPS) is 14.5. The van der Waals surface area contributed by atoms with E-state index < -0.39 is 0 Å². The molecule has 128 valence electrons. The molecule has 0 saturated carbocycles. The summed E-state index contributed by atoms with van der Waals surface area (Å²) in [5.41, 5.74) is 3.89. The summed E-state index contributed by atoms with van der Waals surface area (Å²) >= 11 is 0. The van der Waals surface area contributed by atoms with Crippen molar-refractivity contribution in [2.45, 2.75) is 12.8 Å². The highest BCUT2D eigenvalue weighted by molar-refractivity contribution is 5.98. The van der Waals surface area contributed by atoms with Crippen molar-refractivity contribution in [1.29, 1.82) is 0 Å². The lowest BCUT2D eigenvalue weighted by Crippen LogP contribution is -2.47. The van der Waals surface area contributed by atoms with Gasteiger partial charge in [-0.3, -0.25) is 9.80 Å². The number of carbonyl (C=O) groups is 1. The fourth-order valence-electron chi connectivity index (χ4n) is 2.77. The van der Waals surface area contributed by atoms with Crippen LogP contribution in [0.5, 0.6) is 17.2 Å². The van der Waals surface area contributed by atoms with E-state index in [-0.39, 0.29) is 11.6 Å². The largest absolute Gasteiger partial charge is 0.493 e. The van der Waals surface area contributed by atoms with Crippen LogP contribution in [-0.4, -0.2) is 55.5 Å². The van der Waals surface area contributed by atoms with E-state index in [4.69, 9.17) is 14.2 Å². The van der Waals surface area contributed by atoms with Gasteiger partial charge in [0.05, 0.1) is 26.7 Å². The lowest BCUT2D eigenvalue weighted by Gasteiger charge is -2.27. The molecule has 2 heterocycles. The fourth-order valence-corrected chi connectivity index (χ4v) is 2.77. The molecule has 0 spiro atoms. The number of benzene rings is 1. The van der Waals surface area contributed by atoms with Gasteiger partial charge in [0.25, 0.3) is 5.91 Å². The summed E-state index contributed by atoms with van der Waals surface area (Å²) in [6.45, 7) is 1.43. The van der Waals surface area contributed by atoms with Crippen LogP contribution in [0.3, 0.4) is 0 Å². The third-order valence-corrected chi connectivity index (χ3v) is 3.97. The first kappa shape index (κ1) is 16.3. The number of carbonyl (C=O) groups excluding carboxylic acids is 1. The number of hydrogen-bond donors (Lipinski definition) is 1. The molecular weight excluding hydrogens is 312 g/mol. The molecule has 8 heteroatoms. The molecule has 1 saturated heterocycles. The molecule has 0 aliphatic carbocycles. The smallest absolute Gasteiger partial charge is 0.288 e. The molecule has 0 bridgehead atoms. The zero-order chi connectivity index (χ0) is 17.1. The zero-order valence-electron chi connectivity index (χ0n) is 14.0. The first-order valence-electron chi connectivity index (χ1n) is 7.71.